The fourth-order valence-electron chi connectivity index (χ4n) is 1.69. The molecule has 1 N–H and O–H groups in total. The number of nitrogens with zero attached hydrogens (tertiary/aromatic N) is 2. The van der Waals surface area contributed by atoms with E-state index in [4.69, 9.17) is 48.2 Å². The fourth-order valence-corrected chi connectivity index (χ4v) is 1.79. The van der Waals surface area contributed by atoms with Crippen LogP contribution in [0.25, 0.3) is 0 Å². The van der Waals surface area contributed by atoms with Gasteiger partial charge >= 0.3 is 5.97 Å². The van der Waals surface area contributed by atoms with Crippen LogP contribution in [0.15, 0.2) is 54.4 Å². The maximum absolute atomic E-state index is 11.3. The van der Waals surface area contributed by atoms with E-state index >= 15 is 0 Å². The van der Waals surface area contributed by atoms with Crippen molar-refractivity contribution in [2.45, 2.75) is 6.02 Å². The van der Waals surface area contributed by atoms with Crippen molar-refractivity contribution in [3.05, 3.63) is 70.5 Å². The Balaban J connectivity index is 2.66. The highest BCUT2D eigenvalue weighted by atomic mass is 35.5. The average molecular weight is 413 g/mol. The summed E-state index contributed by atoms with van der Waals surface area (Å²) in [6.45, 7) is -31.5. The van der Waals surface area contributed by atoms with E-state index in [1.54, 1.807) is 0 Å². The topological polar surface area (TPSA) is 53.0 Å². The van der Waals surface area contributed by atoms with Crippen molar-refractivity contribution in [2.75, 3.05) is 45.6 Å². The number of hydrogen-bond acceptors (Lipinski definition) is 4. The van der Waals surface area contributed by atoms with Crippen LogP contribution in [0.1, 0.15) is 50.0 Å². The van der Waals surface area contributed by atoms with E-state index in [9.17, 15) is 6.17 Å². The Morgan fingerprint density at radius 1 is 1.19 bits per heavy atom. The smallest absolute Gasteiger partial charge is 0.329 e. The summed E-state index contributed by atoms with van der Waals surface area (Å²) < 4.78 is 206. The first-order valence-corrected chi connectivity index (χ1v) is 7.24. The van der Waals surface area contributed by atoms with Gasteiger partial charge in [-0.25, -0.2) is 4.79 Å². The minimum atomic E-state index is -4.61. The van der Waals surface area contributed by atoms with Gasteiger partial charge in [-0.2, -0.15) is 0 Å². The van der Waals surface area contributed by atoms with Crippen LogP contribution in [-0.2, 0) is 9.53 Å². The molecule has 1 unspecified atom stereocenters. The van der Waals surface area contributed by atoms with Gasteiger partial charge in [-0.15, -0.1) is 0 Å². The number of carboxylic acids is 1. The summed E-state index contributed by atoms with van der Waals surface area (Å²) in [6, 6.07) is -16.2. The lowest BCUT2D eigenvalue weighted by atomic mass is 9.96. The number of piperazine rings is 1. The molecule has 2 aromatic rings. The van der Waals surface area contributed by atoms with E-state index in [0.717, 1.165) is 0 Å². The molecular formula is C21H25ClN2O3. The molecule has 0 amide bonds. The van der Waals surface area contributed by atoms with Gasteiger partial charge in [-0.05, 0) is 23.2 Å². The summed E-state index contributed by atoms with van der Waals surface area (Å²) in [5.74, 6) is -2.55. The molecule has 0 aromatic heterocycles. The molecule has 1 aliphatic heterocycles. The molecule has 144 valence electrons. The Kier molecular flexibility index (Phi) is 2.03. The lowest BCUT2D eigenvalue weighted by Crippen LogP contribution is -2.48. The second-order valence-electron chi connectivity index (χ2n) is 4.38. The van der Waals surface area contributed by atoms with Crippen molar-refractivity contribution >= 4 is 17.6 Å². The zero-order valence-corrected chi connectivity index (χ0v) is 13.8. The predicted octanol–water partition coefficient (Wildman–Crippen LogP) is 3.15. The minimum absolute atomic E-state index is 0.793. The Morgan fingerprint density at radius 3 is 2.44 bits per heavy atom. The lowest BCUT2D eigenvalue weighted by Gasteiger charge is -2.39. The molecule has 3 rings (SSSR count). The van der Waals surface area contributed by atoms with Crippen molar-refractivity contribution in [3.8, 4) is 0 Å². The summed E-state index contributed by atoms with van der Waals surface area (Å²) in [6.07, 6.45) is 0. The van der Waals surface area contributed by atoms with Gasteiger partial charge in [0.2, 0.25) is 0 Å². The maximum Gasteiger partial charge on any atom is 0.329 e. The number of ether oxygens (including phenoxy) is 1. The van der Waals surface area contributed by atoms with E-state index in [0.29, 0.717) is 0 Å². The highest BCUT2D eigenvalue weighted by Gasteiger charge is 2.26. The molecule has 27 heavy (non-hydrogen) atoms. The first-order valence-electron chi connectivity index (χ1n) is 18.9. The van der Waals surface area contributed by atoms with E-state index in [1.165, 1.54) is 0 Å². The van der Waals surface area contributed by atoms with Gasteiger partial charge in [0.05, 0.1) is 31.8 Å². The summed E-state index contributed by atoms with van der Waals surface area (Å²) in [4.78, 5) is 9.42. The summed E-state index contributed by atoms with van der Waals surface area (Å²) in [5.41, 5.74) is -3.12. The number of carbonyl (C=O) groups is 1. The Labute approximate surface area is 198 Å². The highest BCUT2D eigenvalue weighted by Crippen LogP contribution is 2.30. The molecule has 0 aliphatic carbocycles. The number of hydrogen-bond donors (Lipinski definition) is 1. The molecule has 2 aromatic carbocycles. The van der Waals surface area contributed by atoms with Crippen molar-refractivity contribution in [1.82, 2.24) is 9.80 Å². The zero-order valence-electron chi connectivity index (χ0n) is 37.0. The van der Waals surface area contributed by atoms with Gasteiger partial charge in [0.25, 0.3) is 0 Å². The highest BCUT2D eigenvalue weighted by molar-refractivity contribution is 6.30. The van der Waals surface area contributed by atoms with Gasteiger partial charge in [0, 0.05) is 51.2 Å². The molecule has 0 spiro atoms. The number of rotatable bonds is 8. The van der Waals surface area contributed by atoms with Gasteiger partial charge < -0.3 is 9.84 Å². The SMILES string of the molecule is [2H]c1c([2H])c([2H])c(C([2H])(c2c([2H])c([2H])c(Cl)c([2H])c2[2H])N2C([2H])([2H])C([2H])([2H])N(C([2H])([2H])C([2H])([2H])OC([2H])([2H])C(=O)O)C([2H])([2H])C2([2H])[2H])c([2H])c1[2H]. The second-order valence-corrected chi connectivity index (χ2v) is 4.76. The van der Waals surface area contributed by atoms with Crippen LogP contribution in [0.4, 0.5) is 0 Å². The summed E-state index contributed by atoms with van der Waals surface area (Å²) in [5, 5.41) is 8.13. The van der Waals surface area contributed by atoms with E-state index < -0.39 is 138 Å². The van der Waals surface area contributed by atoms with Gasteiger partial charge in [-0.3, -0.25) is 9.80 Å². The van der Waals surface area contributed by atoms with Gasteiger partial charge in [0.15, 0.2) is 0 Å². The third kappa shape index (κ3) is 5.78. The molecule has 1 heterocycles. The van der Waals surface area contributed by atoms with Gasteiger partial charge in [0.1, 0.15) is 6.56 Å². The fraction of sp³-hybridized carbons (Fsp3) is 0.381. The van der Waals surface area contributed by atoms with E-state index in [2.05, 4.69) is 4.74 Å². The van der Waals surface area contributed by atoms with Crippen LogP contribution in [0.5, 0.6) is 0 Å². The Hall–Kier alpha value is -1.92. The molecule has 1 saturated heterocycles. The quantitative estimate of drug-likeness (QED) is 0.721. The first kappa shape index (κ1) is 5.57. The zero-order chi connectivity index (χ0) is 40.4. The Morgan fingerprint density at radius 2 is 1.81 bits per heavy atom. The molecule has 1 aliphatic rings. The van der Waals surface area contributed by atoms with Crippen LogP contribution in [0, 0.1) is 0 Å². The third-order valence-corrected chi connectivity index (χ3v) is 2.87. The number of benzene rings is 2. The van der Waals surface area contributed by atoms with Crippen molar-refractivity contribution in [3.63, 3.8) is 0 Å². The molecule has 6 heteroatoms. The maximum atomic E-state index is 11.3. The molecule has 0 saturated carbocycles. The van der Waals surface area contributed by atoms with E-state index in [1.807, 2.05) is 0 Å². The number of aliphatic carboxylic acids is 1. The van der Waals surface area contributed by atoms with E-state index in [-0.39, 0.29) is 0 Å². The number of halogens is 1. The van der Waals surface area contributed by atoms with Crippen LogP contribution in [-0.4, -0.2) is 66.5 Å². The first-order chi connectivity index (χ1) is 22.5. The Bertz CT molecular complexity index is 1640. The van der Waals surface area contributed by atoms with Gasteiger partial charge in [-0.1, -0.05) is 53.9 Å². The standard InChI is InChI=1S/C21H25ClN2O3/c22-19-8-6-18(7-9-19)21(17-4-2-1-3-5-17)24-12-10-23(11-13-24)14-15-27-16-20(25)26/h1-9,21H,10-16H2,(H,25,26)/i1D,2D,3D,4D,5D,6D,7D,8D,9D,10D2,11D2,12D2,13D2,14D2,15D2,16D2,21D. The summed E-state index contributed by atoms with van der Waals surface area (Å²) >= 11 is 5.88. The monoisotopic (exact) mass is 412 g/mol. The predicted molar refractivity (Wildman–Crippen MR) is 106 cm³/mol. The molecular weight excluding hydrogens is 364 g/mol. The normalized spacial score (nSPS) is 40.0. The third-order valence-electron chi connectivity index (χ3n) is 2.69. The van der Waals surface area contributed by atoms with Crippen molar-refractivity contribution < 1.29 is 47.5 Å². The lowest BCUT2D eigenvalue weighted by molar-refractivity contribution is -0.142. The average Bonchev–Trinajstić information content (AvgIpc) is 2.95. The minimum Gasteiger partial charge on any atom is -0.480 e. The molecule has 0 radical (unpaired) electrons. The summed E-state index contributed by atoms with van der Waals surface area (Å²) in [7, 11) is 0. The second kappa shape index (κ2) is 9.85. The molecule has 1 atom stereocenters. The van der Waals surface area contributed by atoms with Crippen LogP contribution in [0.2, 0.25) is 5.02 Å². The largest absolute Gasteiger partial charge is 0.480 e. The number of carboxylic acid groups (broad SMARTS) is 1. The molecule has 0 bridgehead atoms. The molecule has 1 fully saturated rings. The van der Waals surface area contributed by atoms with Crippen LogP contribution < -0.4 is 0 Å². The van der Waals surface area contributed by atoms with Crippen molar-refractivity contribution in [1.29, 1.82) is 0 Å². The van der Waals surface area contributed by atoms with Crippen LogP contribution in [0.3, 0.4) is 0 Å². The van der Waals surface area contributed by atoms with Crippen molar-refractivity contribution in [2.24, 2.45) is 0 Å². The molecule has 5 nitrogen and oxygen atoms in total. The van der Waals surface area contributed by atoms with Crippen LogP contribution >= 0.6 is 11.6 Å².